The fourth-order valence-corrected chi connectivity index (χ4v) is 2.87. The van der Waals surface area contributed by atoms with Crippen molar-refractivity contribution >= 4 is 11.9 Å². The molecule has 1 saturated carbocycles. The van der Waals surface area contributed by atoms with E-state index in [-0.39, 0.29) is 5.91 Å². The smallest absolute Gasteiger partial charge is 0.253 e. The number of ether oxygens (including phenoxy) is 1. The van der Waals surface area contributed by atoms with Gasteiger partial charge in [0.15, 0.2) is 5.96 Å². The molecule has 1 fully saturated rings. The topological polar surface area (TPSA) is 66.0 Å². The van der Waals surface area contributed by atoms with Crippen LogP contribution in [0.25, 0.3) is 0 Å². The Morgan fingerprint density at radius 1 is 1.14 bits per heavy atom. The van der Waals surface area contributed by atoms with Crippen molar-refractivity contribution in [2.45, 2.75) is 46.6 Å². The van der Waals surface area contributed by atoms with Gasteiger partial charge in [-0.2, -0.15) is 0 Å². The Kier molecular flexibility index (Phi) is 9.83. The minimum atomic E-state index is 0.0824. The molecule has 6 nitrogen and oxygen atoms in total. The molecule has 1 aromatic carbocycles. The number of carbonyl (C=O) groups is 1. The van der Waals surface area contributed by atoms with Crippen molar-refractivity contribution in [3.05, 3.63) is 35.4 Å². The summed E-state index contributed by atoms with van der Waals surface area (Å²) in [5.41, 5.74) is 1.81. The molecule has 6 heteroatoms. The van der Waals surface area contributed by atoms with Crippen molar-refractivity contribution in [2.24, 2.45) is 10.9 Å². The maximum atomic E-state index is 12.4. The van der Waals surface area contributed by atoms with Gasteiger partial charge in [-0.1, -0.05) is 12.1 Å². The van der Waals surface area contributed by atoms with Crippen molar-refractivity contribution in [2.75, 3.05) is 39.4 Å². The van der Waals surface area contributed by atoms with Gasteiger partial charge in [-0.3, -0.25) is 4.79 Å². The van der Waals surface area contributed by atoms with Gasteiger partial charge in [0.1, 0.15) is 0 Å². The van der Waals surface area contributed by atoms with Gasteiger partial charge in [-0.15, -0.1) is 0 Å². The average molecular weight is 389 g/mol. The number of hydrogen-bond acceptors (Lipinski definition) is 3. The first-order valence-corrected chi connectivity index (χ1v) is 10.7. The number of rotatable bonds is 12. The van der Waals surface area contributed by atoms with Crippen LogP contribution in [0.15, 0.2) is 29.3 Å². The van der Waals surface area contributed by atoms with Crippen LogP contribution in [0.1, 0.15) is 56.0 Å². The molecule has 1 aliphatic rings. The summed E-state index contributed by atoms with van der Waals surface area (Å²) in [6.07, 6.45) is 3.64. The summed E-state index contributed by atoms with van der Waals surface area (Å²) in [7, 11) is 0. The first kappa shape index (κ1) is 22.2. The Morgan fingerprint density at radius 3 is 2.46 bits per heavy atom. The standard InChI is InChI=1S/C22H36N4O2/c1-4-23-22(24-14-7-15-28-17-19-8-9-19)25-16-18-10-12-20(13-11-18)21(27)26(5-2)6-3/h10-13,19H,4-9,14-17H2,1-3H3,(H2,23,24,25). The number of aliphatic imine (C=N–C) groups is 1. The first-order valence-electron chi connectivity index (χ1n) is 10.7. The molecule has 1 amide bonds. The molecular formula is C22H36N4O2. The fraction of sp³-hybridized carbons (Fsp3) is 0.636. The second kappa shape index (κ2) is 12.4. The lowest BCUT2D eigenvalue weighted by molar-refractivity contribution is 0.0773. The van der Waals surface area contributed by atoms with Gasteiger partial charge in [-0.25, -0.2) is 4.99 Å². The molecule has 1 aliphatic carbocycles. The molecule has 0 radical (unpaired) electrons. The Bertz CT molecular complexity index is 607. The van der Waals surface area contributed by atoms with E-state index in [2.05, 4.69) is 22.5 Å². The molecular weight excluding hydrogens is 352 g/mol. The Hall–Kier alpha value is -2.08. The van der Waals surface area contributed by atoms with Gasteiger partial charge in [0.2, 0.25) is 0 Å². The van der Waals surface area contributed by atoms with E-state index in [0.29, 0.717) is 6.54 Å². The predicted octanol–water partition coefficient (Wildman–Crippen LogP) is 3.04. The van der Waals surface area contributed by atoms with Crippen LogP contribution in [0.4, 0.5) is 0 Å². The number of nitrogens with zero attached hydrogens (tertiary/aromatic N) is 2. The highest BCUT2D eigenvalue weighted by molar-refractivity contribution is 5.94. The number of guanidine groups is 1. The van der Waals surface area contributed by atoms with E-state index in [9.17, 15) is 4.79 Å². The second-order valence-corrected chi connectivity index (χ2v) is 7.17. The van der Waals surface area contributed by atoms with E-state index in [1.54, 1.807) is 0 Å². The lowest BCUT2D eigenvalue weighted by Gasteiger charge is -2.18. The van der Waals surface area contributed by atoms with Gasteiger partial charge in [0, 0.05) is 45.0 Å². The number of hydrogen-bond donors (Lipinski definition) is 2. The fourth-order valence-electron chi connectivity index (χ4n) is 2.87. The second-order valence-electron chi connectivity index (χ2n) is 7.17. The van der Waals surface area contributed by atoms with Gasteiger partial charge in [0.25, 0.3) is 5.91 Å². The molecule has 0 atom stereocenters. The van der Waals surface area contributed by atoms with Crippen molar-refractivity contribution in [1.82, 2.24) is 15.5 Å². The SMILES string of the molecule is CCNC(=NCc1ccc(C(=O)N(CC)CC)cc1)NCCCOCC1CC1. The monoisotopic (exact) mass is 388 g/mol. The van der Waals surface area contributed by atoms with Gasteiger partial charge < -0.3 is 20.3 Å². The van der Waals surface area contributed by atoms with E-state index in [1.165, 1.54) is 12.8 Å². The average Bonchev–Trinajstić information content (AvgIpc) is 3.54. The van der Waals surface area contributed by atoms with Crippen molar-refractivity contribution in [3.8, 4) is 0 Å². The molecule has 1 aromatic rings. The van der Waals surface area contributed by atoms with Crippen LogP contribution < -0.4 is 10.6 Å². The van der Waals surface area contributed by atoms with Crippen LogP contribution in [-0.2, 0) is 11.3 Å². The molecule has 0 aromatic heterocycles. The largest absolute Gasteiger partial charge is 0.381 e. The summed E-state index contributed by atoms with van der Waals surface area (Å²) in [4.78, 5) is 18.8. The quantitative estimate of drug-likeness (QED) is 0.328. The normalized spacial score (nSPS) is 14.0. The number of amides is 1. The predicted molar refractivity (Wildman–Crippen MR) is 115 cm³/mol. The molecule has 0 saturated heterocycles. The molecule has 0 spiro atoms. The molecule has 2 N–H and O–H groups in total. The number of nitrogens with one attached hydrogen (secondary N) is 2. The summed E-state index contributed by atoms with van der Waals surface area (Å²) < 4.78 is 5.66. The van der Waals surface area contributed by atoms with Crippen molar-refractivity contribution in [3.63, 3.8) is 0 Å². The number of benzene rings is 1. The van der Waals surface area contributed by atoms with E-state index >= 15 is 0 Å². The molecule has 2 rings (SSSR count). The molecule has 0 unspecified atom stereocenters. The third kappa shape index (κ3) is 7.89. The van der Waals surface area contributed by atoms with Gasteiger partial charge >= 0.3 is 0 Å². The summed E-state index contributed by atoms with van der Waals surface area (Å²) in [6.45, 7) is 11.5. The maximum absolute atomic E-state index is 12.4. The van der Waals surface area contributed by atoms with Crippen molar-refractivity contribution in [1.29, 1.82) is 0 Å². The molecule has 0 bridgehead atoms. The van der Waals surface area contributed by atoms with E-state index in [4.69, 9.17) is 4.74 Å². The minimum Gasteiger partial charge on any atom is -0.381 e. The van der Waals surface area contributed by atoms with Gasteiger partial charge in [0.05, 0.1) is 6.54 Å². The van der Waals surface area contributed by atoms with Gasteiger partial charge in [-0.05, 0) is 63.6 Å². The van der Waals surface area contributed by atoms with Crippen LogP contribution >= 0.6 is 0 Å². The molecule has 0 aliphatic heterocycles. The lowest BCUT2D eigenvalue weighted by Crippen LogP contribution is -2.38. The minimum absolute atomic E-state index is 0.0824. The Balaban J connectivity index is 1.77. The highest BCUT2D eigenvalue weighted by atomic mass is 16.5. The lowest BCUT2D eigenvalue weighted by atomic mass is 10.1. The van der Waals surface area contributed by atoms with E-state index < -0.39 is 0 Å². The highest BCUT2D eigenvalue weighted by Gasteiger charge is 2.20. The third-order valence-electron chi connectivity index (χ3n) is 4.82. The summed E-state index contributed by atoms with van der Waals surface area (Å²) >= 11 is 0. The van der Waals surface area contributed by atoms with Crippen LogP contribution in [-0.4, -0.2) is 56.2 Å². The molecule has 0 heterocycles. The van der Waals surface area contributed by atoms with E-state index in [0.717, 1.165) is 68.8 Å². The molecule has 156 valence electrons. The van der Waals surface area contributed by atoms with Crippen LogP contribution in [0.5, 0.6) is 0 Å². The van der Waals surface area contributed by atoms with Crippen LogP contribution in [0.2, 0.25) is 0 Å². The molecule has 28 heavy (non-hydrogen) atoms. The zero-order valence-electron chi connectivity index (χ0n) is 17.7. The maximum Gasteiger partial charge on any atom is 0.253 e. The summed E-state index contributed by atoms with van der Waals surface area (Å²) in [6, 6.07) is 7.75. The number of carbonyl (C=O) groups excluding carboxylic acids is 1. The first-order chi connectivity index (χ1) is 13.7. The highest BCUT2D eigenvalue weighted by Crippen LogP contribution is 2.28. The van der Waals surface area contributed by atoms with E-state index in [1.807, 2.05) is 43.0 Å². The zero-order valence-corrected chi connectivity index (χ0v) is 17.7. The van der Waals surface area contributed by atoms with Crippen LogP contribution in [0, 0.1) is 5.92 Å². The van der Waals surface area contributed by atoms with Crippen LogP contribution in [0.3, 0.4) is 0 Å². The van der Waals surface area contributed by atoms with Crippen molar-refractivity contribution < 1.29 is 9.53 Å². The zero-order chi connectivity index (χ0) is 20.2. The third-order valence-corrected chi connectivity index (χ3v) is 4.82. The Labute approximate surface area is 169 Å². The summed E-state index contributed by atoms with van der Waals surface area (Å²) in [5.74, 6) is 1.72. The summed E-state index contributed by atoms with van der Waals surface area (Å²) in [5, 5.41) is 6.62. The Morgan fingerprint density at radius 2 is 1.86 bits per heavy atom.